The van der Waals surface area contributed by atoms with E-state index in [9.17, 15) is 9.18 Å². The smallest absolute Gasteiger partial charge is 0.338 e. The van der Waals surface area contributed by atoms with Gasteiger partial charge < -0.3 is 10.4 Å². The molecule has 0 unspecified atom stereocenters. The maximum absolute atomic E-state index is 13.8. The summed E-state index contributed by atoms with van der Waals surface area (Å²) in [6, 6.07) is 2.79. The molecule has 19 heavy (non-hydrogen) atoms. The summed E-state index contributed by atoms with van der Waals surface area (Å²) in [5.41, 5.74) is 0.241. The van der Waals surface area contributed by atoms with Gasteiger partial charge in [-0.05, 0) is 19.1 Å². The molecule has 0 bridgehead atoms. The zero-order valence-corrected chi connectivity index (χ0v) is 10.1. The quantitative estimate of drug-likeness (QED) is 0.870. The van der Waals surface area contributed by atoms with Crippen LogP contribution in [0.25, 0.3) is 0 Å². The van der Waals surface area contributed by atoms with Crippen LogP contribution < -0.4 is 5.32 Å². The Morgan fingerprint density at radius 2 is 2.11 bits per heavy atom. The predicted octanol–water partition coefficient (Wildman–Crippen LogP) is 1.63. The van der Waals surface area contributed by atoms with Gasteiger partial charge in [0.05, 0.1) is 12.2 Å². The molecule has 0 saturated heterocycles. The van der Waals surface area contributed by atoms with Crippen LogP contribution in [-0.2, 0) is 6.54 Å². The fourth-order valence-corrected chi connectivity index (χ4v) is 1.51. The highest BCUT2D eigenvalue weighted by Crippen LogP contribution is 2.15. The highest BCUT2D eigenvalue weighted by molar-refractivity contribution is 5.88. The van der Waals surface area contributed by atoms with E-state index in [0.29, 0.717) is 11.5 Å². The molecule has 2 rings (SSSR count). The first kappa shape index (κ1) is 12.9. The molecule has 0 fully saturated rings. The predicted molar refractivity (Wildman–Crippen MR) is 65.3 cm³/mol. The van der Waals surface area contributed by atoms with Crippen LogP contribution in [0.4, 0.5) is 10.2 Å². The summed E-state index contributed by atoms with van der Waals surface area (Å²) >= 11 is 0. The van der Waals surface area contributed by atoms with Crippen LogP contribution >= 0.6 is 0 Å². The van der Waals surface area contributed by atoms with Gasteiger partial charge in [0.2, 0.25) is 0 Å². The minimum absolute atomic E-state index is 0.115. The van der Waals surface area contributed by atoms with Gasteiger partial charge in [-0.3, -0.25) is 0 Å². The van der Waals surface area contributed by atoms with Crippen molar-refractivity contribution in [2.75, 3.05) is 5.32 Å². The number of pyridine rings is 1. The van der Waals surface area contributed by atoms with Gasteiger partial charge in [-0.1, -0.05) is 0 Å². The lowest BCUT2D eigenvalue weighted by molar-refractivity contribution is 0.0692. The third-order valence-corrected chi connectivity index (χ3v) is 2.39. The van der Waals surface area contributed by atoms with Gasteiger partial charge in [0.15, 0.2) is 11.6 Å². The average Bonchev–Trinajstić information content (AvgIpc) is 2.37. The first-order valence-corrected chi connectivity index (χ1v) is 5.48. The third kappa shape index (κ3) is 3.01. The number of anilines is 1. The Hall–Kier alpha value is -2.57. The van der Waals surface area contributed by atoms with Crippen molar-refractivity contribution in [2.45, 2.75) is 13.5 Å². The van der Waals surface area contributed by atoms with Crippen LogP contribution in [0.2, 0.25) is 0 Å². The second-order valence-electron chi connectivity index (χ2n) is 3.77. The highest BCUT2D eigenvalue weighted by atomic mass is 19.1. The molecule has 0 radical (unpaired) electrons. The van der Waals surface area contributed by atoms with Gasteiger partial charge in [-0.25, -0.2) is 24.1 Å². The minimum atomic E-state index is -1.33. The first-order chi connectivity index (χ1) is 9.08. The van der Waals surface area contributed by atoms with Gasteiger partial charge >= 0.3 is 5.97 Å². The lowest BCUT2D eigenvalue weighted by atomic mass is 10.2. The Labute approximate surface area is 108 Å². The Bertz CT molecular complexity index is 618. The number of aryl methyl sites for hydroxylation is 1. The number of aromatic carboxylic acids is 1. The van der Waals surface area contributed by atoms with Crippen LogP contribution in [0.5, 0.6) is 0 Å². The summed E-state index contributed by atoms with van der Waals surface area (Å²) in [4.78, 5) is 22.6. The summed E-state index contributed by atoms with van der Waals surface area (Å²) in [6.45, 7) is 1.98. The van der Waals surface area contributed by atoms with Crippen molar-refractivity contribution in [3.05, 3.63) is 47.4 Å². The van der Waals surface area contributed by atoms with Crippen molar-refractivity contribution in [1.29, 1.82) is 0 Å². The molecule has 0 aliphatic rings. The number of rotatable bonds is 4. The zero-order valence-electron chi connectivity index (χ0n) is 10.1. The largest absolute Gasteiger partial charge is 0.478 e. The van der Waals surface area contributed by atoms with Crippen molar-refractivity contribution >= 4 is 11.8 Å². The molecular formula is C12H11FN4O2. The number of hydrogen-bond acceptors (Lipinski definition) is 5. The van der Waals surface area contributed by atoms with E-state index < -0.39 is 17.3 Å². The molecule has 2 heterocycles. The zero-order chi connectivity index (χ0) is 13.8. The first-order valence-electron chi connectivity index (χ1n) is 5.48. The van der Waals surface area contributed by atoms with E-state index in [0.717, 1.165) is 6.07 Å². The van der Waals surface area contributed by atoms with Crippen LogP contribution in [0.3, 0.4) is 0 Å². The number of halogens is 1. The molecule has 0 atom stereocenters. The molecule has 6 nitrogen and oxygen atoms in total. The van der Waals surface area contributed by atoms with Crippen LogP contribution in [0, 0.1) is 12.7 Å². The molecule has 0 aliphatic heterocycles. The molecular weight excluding hydrogens is 251 g/mol. The molecule has 2 aromatic heterocycles. The number of carboxylic acids is 1. The van der Waals surface area contributed by atoms with Crippen molar-refractivity contribution in [2.24, 2.45) is 0 Å². The van der Waals surface area contributed by atoms with Crippen LogP contribution in [0.1, 0.15) is 21.9 Å². The van der Waals surface area contributed by atoms with Gasteiger partial charge in [0.1, 0.15) is 11.4 Å². The monoisotopic (exact) mass is 262 g/mol. The van der Waals surface area contributed by atoms with Crippen molar-refractivity contribution in [1.82, 2.24) is 15.0 Å². The average molecular weight is 262 g/mol. The Balaban J connectivity index is 2.16. The van der Waals surface area contributed by atoms with E-state index >= 15 is 0 Å². The number of aromatic nitrogens is 3. The molecule has 0 amide bonds. The van der Waals surface area contributed by atoms with E-state index in [4.69, 9.17) is 5.11 Å². The summed E-state index contributed by atoms with van der Waals surface area (Å²) < 4.78 is 13.8. The second kappa shape index (κ2) is 5.38. The molecule has 0 saturated carbocycles. The van der Waals surface area contributed by atoms with E-state index in [2.05, 4.69) is 20.3 Å². The topological polar surface area (TPSA) is 88.0 Å². The molecule has 0 aliphatic carbocycles. The fourth-order valence-electron chi connectivity index (χ4n) is 1.51. The molecule has 7 heteroatoms. The van der Waals surface area contributed by atoms with Gasteiger partial charge in [-0.15, -0.1) is 0 Å². The maximum atomic E-state index is 13.8. The van der Waals surface area contributed by atoms with Gasteiger partial charge in [-0.2, -0.15) is 0 Å². The SMILES string of the molecule is Cc1nccc(CNc2nccc(C(=O)O)c2F)n1. The van der Waals surface area contributed by atoms with Crippen LogP contribution in [-0.4, -0.2) is 26.0 Å². The summed E-state index contributed by atoms with van der Waals surface area (Å²) in [6.07, 6.45) is 2.83. The Morgan fingerprint density at radius 3 is 2.79 bits per heavy atom. The van der Waals surface area contributed by atoms with E-state index in [1.54, 1.807) is 19.2 Å². The molecule has 2 aromatic rings. The Morgan fingerprint density at radius 1 is 1.37 bits per heavy atom. The van der Waals surface area contributed by atoms with E-state index in [1.165, 1.54) is 6.20 Å². The standard InChI is InChI=1S/C12H11FN4O2/c1-7-14-4-2-8(17-7)6-16-11-10(13)9(12(18)19)3-5-15-11/h2-5H,6H2,1H3,(H,15,16)(H,18,19). The molecule has 98 valence electrons. The lowest BCUT2D eigenvalue weighted by Gasteiger charge is -2.07. The number of carboxylic acid groups (broad SMARTS) is 1. The normalized spacial score (nSPS) is 10.2. The third-order valence-electron chi connectivity index (χ3n) is 2.39. The summed E-state index contributed by atoms with van der Waals surface area (Å²) in [5, 5.41) is 11.5. The number of carbonyl (C=O) groups is 1. The Kier molecular flexibility index (Phi) is 3.65. The summed E-state index contributed by atoms with van der Waals surface area (Å²) in [7, 11) is 0. The lowest BCUT2D eigenvalue weighted by Crippen LogP contribution is -2.09. The molecule has 0 aromatic carbocycles. The number of nitrogens with one attached hydrogen (secondary N) is 1. The second-order valence-corrected chi connectivity index (χ2v) is 3.77. The molecule has 0 spiro atoms. The van der Waals surface area contributed by atoms with Crippen molar-refractivity contribution in [3.8, 4) is 0 Å². The highest BCUT2D eigenvalue weighted by Gasteiger charge is 2.14. The number of nitrogens with zero attached hydrogens (tertiary/aromatic N) is 3. The molecule has 2 N–H and O–H groups in total. The van der Waals surface area contributed by atoms with Gasteiger partial charge in [0.25, 0.3) is 0 Å². The van der Waals surface area contributed by atoms with Crippen LogP contribution in [0.15, 0.2) is 24.5 Å². The minimum Gasteiger partial charge on any atom is -0.478 e. The fraction of sp³-hybridized carbons (Fsp3) is 0.167. The van der Waals surface area contributed by atoms with E-state index in [-0.39, 0.29) is 12.4 Å². The maximum Gasteiger partial charge on any atom is 0.338 e. The summed E-state index contributed by atoms with van der Waals surface area (Å²) in [5.74, 6) is -1.73. The number of hydrogen-bond donors (Lipinski definition) is 2. The van der Waals surface area contributed by atoms with E-state index in [1.807, 2.05) is 0 Å². The van der Waals surface area contributed by atoms with Crippen molar-refractivity contribution in [3.63, 3.8) is 0 Å². The van der Waals surface area contributed by atoms with Crippen molar-refractivity contribution < 1.29 is 14.3 Å². The van der Waals surface area contributed by atoms with Gasteiger partial charge in [0, 0.05) is 12.4 Å².